The summed E-state index contributed by atoms with van der Waals surface area (Å²) in [4.78, 5) is 14.7. The highest BCUT2D eigenvalue weighted by Crippen LogP contribution is 2.59. The van der Waals surface area contributed by atoms with Gasteiger partial charge in [0.2, 0.25) is 0 Å². The van der Waals surface area contributed by atoms with Gasteiger partial charge in [-0.15, -0.1) is 0 Å². The van der Waals surface area contributed by atoms with Gasteiger partial charge in [-0.1, -0.05) is 19.3 Å². The van der Waals surface area contributed by atoms with Crippen molar-refractivity contribution in [1.29, 1.82) is 0 Å². The Hall–Kier alpha value is -0.770. The second-order valence-corrected chi connectivity index (χ2v) is 8.24. The second-order valence-electron chi connectivity index (χ2n) is 8.24. The zero-order valence-corrected chi connectivity index (χ0v) is 13.7. The van der Waals surface area contributed by atoms with Crippen molar-refractivity contribution < 1.29 is 9.53 Å². The SMILES string of the molecule is CC(C)(C)OC(=O)N1CCCCC2C(N)C3(CCCC3)C21. The van der Waals surface area contributed by atoms with Crippen LogP contribution < -0.4 is 5.73 Å². The molecule has 1 spiro atoms. The molecule has 21 heavy (non-hydrogen) atoms. The Kier molecular flexibility index (Phi) is 3.71. The first-order valence-corrected chi connectivity index (χ1v) is 8.60. The minimum absolute atomic E-state index is 0.127. The highest BCUT2D eigenvalue weighted by Gasteiger charge is 2.63. The van der Waals surface area contributed by atoms with Crippen LogP contribution in [0.5, 0.6) is 0 Å². The minimum Gasteiger partial charge on any atom is -0.444 e. The number of nitrogens with zero attached hydrogens (tertiary/aromatic N) is 1. The van der Waals surface area contributed by atoms with Gasteiger partial charge in [-0.25, -0.2) is 4.79 Å². The summed E-state index contributed by atoms with van der Waals surface area (Å²) in [6.45, 7) is 6.67. The summed E-state index contributed by atoms with van der Waals surface area (Å²) < 4.78 is 5.67. The highest BCUT2D eigenvalue weighted by molar-refractivity contribution is 5.69. The third-order valence-corrected chi connectivity index (χ3v) is 5.80. The number of amides is 1. The van der Waals surface area contributed by atoms with E-state index in [4.69, 9.17) is 10.5 Å². The largest absolute Gasteiger partial charge is 0.444 e. The number of carbonyl (C=O) groups is 1. The Bertz CT molecular complexity index is 410. The molecule has 1 saturated heterocycles. The van der Waals surface area contributed by atoms with Crippen LogP contribution in [-0.2, 0) is 4.74 Å². The quantitative estimate of drug-likeness (QED) is 0.746. The molecular weight excluding hydrogens is 264 g/mol. The van der Waals surface area contributed by atoms with Gasteiger partial charge >= 0.3 is 6.09 Å². The van der Waals surface area contributed by atoms with Gasteiger partial charge in [-0.3, -0.25) is 0 Å². The molecular formula is C17H30N2O2. The lowest BCUT2D eigenvalue weighted by molar-refractivity contribution is -0.0966. The van der Waals surface area contributed by atoms with Crippen LogP contribution in [0.3, 0.4) is 0 Å². The molecule has 0 bridgehead atoms. The Balaban J connectivity index is 1.83. The van der Waals surface area contributed by atoms with Gasteiger partial charge in [-0.2, -0.15) is 0 Å². The van der Waals surface area contributed by atoms with Crippen molar-refractivity contribution in [2.24, 2.45) is 17.1 Å². The maximum Gasteiger partial charge on any atom is 0.410 e. The number of likely N-dealkylation sites (tertiary alicyclic amines) is 1. The van der Waals surface area contributed by atoms with Crippen LogP contribution in [0.2, 0.25) is 0 Å². The first-order valence-electron chi connectivity index (χ1n) is 8.60. The number of fused-ring (bicyclic) bond motifs is 2. The van der Waals surface area contributed by atoms with Crippen molar-refractivity contribution in [3.63, 3.8) is 0 Å². The van der Waals surface area contributed by atoms with E-state index in [2.05, 4.69) is 0 Å². The molecule has 2 aliphatic carbocycles. The fourth-order valence-electron chi connectivity index (χ4n) is 5.00. The summed E-state index contributed by atoms with van der Waals surface area (Å²) >= 11 is 0. The van der Waals surface area contributed by atoms with Crippen LogP contribution in [0.1, 0.15) is 65.7 Å². The van der Waals surface area contributed by atoms with Crippen molar-refractivity contribution in [3.8, 4) is 0 Å². The predicted octanol–water partition coefficient (Wildman–Crippen LogP) is 3.29. The fourth-order valence-corrected chi connectivity index (χ4v) is 5.00. The van der Waals surface area contributed by atoms with Crippen LogP contribution in [0, 0.1) is 11.3 Å². The van der Waals surface area contributed by atoms with Crippen molar-refractivity contribution in [2.75, 3.05) is 6.54 Å². The van der Waals surface area contributed by atoms with Gasteiger partial charge in [0.25, 0.3) is 0 Å². The topological polar surface area (TPSA) is 55.6 Å². The van der Waals surface area contributed by atoms with Gasteiger partial charge in [-0.05, 0) is 52.4 Å². The van der Waals surface area contributed by atoms with Crippen molar-refractivity contribution >= 4 is 6.09 Å². The first-order chi connectivity index (χ1) is 9.85. The Morgan fingerprint density at radius 3 is 2.48 bits per heavy atom. The van der Waals surface area contributed by atoms with E-state index in [0.29, 0.717) is 12.0 Å². The summed E-state index contributed by atoms with van der Waals surface area (Å²) in [6.07, 6.45) is 8.21. The first kappa shape index (κ1) is 15.1. The monoisotopic (exact) mass is 294 g/mol. The molecule has 1 heterocycles. The average molecular weight is 294 g/mol. The number of ether oxygens (including phenoxy) is 1. The van der Waals surface area contributed by atoms with E-state index in [1.165, 1.54) is 38.5 Å². The molecule has 120 valence electrons. The molecule has 2 N–H and O–H groups in total. The number of hydrogen-bond donors (Lipinski definition) is 1. The molecule has 1 amide bonds. The lowest BCUT2D eigenvalue weighted by Gasteiger charge is -2.61. The standard InChI is InChI=1S/C17H30N2O2/c1-16(2,3)21-15(20)19-11-7-4-8-12-13(18)17(14(12)19)9-5-6-10-17/h12-14H,4-11,18H2,1-3H3. The molecule has 4 nitrogen and oxygen atoms in total. The van der Waals surface area contributed by atoms with Crippen LogP contribution >= 0.6 is 0 Å². The summed E-state index contributed by atoms with van der Waals surface area (Å²) in [6, 6.07) is 0.611. The maximum atomic E-state index is 12.7. The molecule has 0 aromatic heterocycles. The van der Waals surface area contributed by atoms with Crippen LogP contribution in [0.25, 0.3) is 0 Å². The van der Waals surface area contributed by atoms with Crippen LogP contribution in [-0.4, -0.2) is 35.2 Å². The molecule has 4 heteroatoms. The molecule has 3 atom stereocenters. The maximum absolute atomic E-state index is 12.7. The summed E-state index contributed by atoms with van der Waals surface area (Å²) in [5.74, 6) is 0.484. The Morgan fingerprint density at radius 2 is 1.86 bits per heavy atom. The molecule has 1 aliphatic heterocycles. The third-order valence-electron chi connectivity index (χ3n) is 5.80. The van der Waals surface area contributed by atoms with Crippen molar-refractivity contribution in [2.45, 2.75) is 83.4 Å². The van der Waals surface area contributed by atoms with Crippen LogP contribution in [0.15, 0.2) is 0 Å². The molecule has 3 aliphatic rings. The van der Waals surface area contributed by atoms with Gasteiger partial charge in [0.05, 0.1) is 0 Å². The van der Waals surface area contributed by atoms with Gasteiger partial charge < -0.3 is 15.4 Å². The number of hydrogen-bond acceptors (Lipinski definition) is 3. The Labute approximate surface area is 128 Å². The normalized spacial score (nSPS) is 35.0. The molecule has 0 aromatic carbocycles. The van der Waals surface area contributed by atoms with Crippen molar-refractivity contribution in [3.05, 3.63) is 0 Å². The smallest absolute Gasteiger partial charge is 0.410 e. The zero-order valence-electron chi connectivity index (χ0n) is 13.7. The third kappa shape index (κ3) is 2.45. The average Bonchev–Trinajstić information content (AvgIpc) is 2.80. The predicted molar refractivity (Wildman–Crippen MR) is 82.9 cm³/mol. The van der Waals surface area contributed by atoms with Gasteiger partial charge in [0.15, 0.2) is 0 Å². The number of carbonyl (C=O) groups excluding carboxylic acids is 1. The minimum atomic E-state index is -0.423. The molecule has 0 radical (unpaired) electrons. The molecule has 2 saturated carbocycles. The van der Waals surface area contributed by atoms with E-state index in [1.807, 2.05) is 25.7 Å². The Morgan fingerprint density at radius 1 is 1.19 bits per heavy atom. The lowest BCUT2D eigenvalue weighted by Crippen LogP contribution is -2.73. The highest BCUT2D eigenvalue weighted by atomic mass is 16.6. The number of nitrogens with two attached hydrogens (primary N) is 1. The van der Waals surface area contributed by atoms with E-state index in [9.17, 15) is 4.79 Å². The van der Waals surface area contributed by atoms with E-state index in [-0.39, 0.29) is 17.6 Å². The van der Waals surface area contributed by atoms with E-state index < -0.39 is 5.60 Å². The van der Waals surface area contributed by atoms with Crippen LogP contribution in [0.4, 0.5) is 4.79 Å². The van der Waals surface area contributed by atoms with E-state index >= 15 is 0 Å². The summed E-state index contributed by atoms with van der Waals surface area (Å²) in [5, 5.41) is 0. The second kappa shape index (κ2) is 5.15. The molecule has 3 rings (SSSR count). The van der Waals surface area contributed by atoms with Gasteiger partial charge in [0, 0.05) is 24.0 Å². The molecule has 0 aromatic rings. The number of rotatable bonds is 0. The zero-order chi connectivity index (χ0) is 15.3. The fraction of sp³-hybridized carbons (Fsp3) is 0.941. The summed E-state index contributed by atoms with van der Waals surface area (Å²) in [5.41, 5.74) is 6.32. The molecule has 3 unspecified atom stereocenters. The lowest BCUT2D eigenvalue weighted by atomic mass is 9.52. The summed E-state index contributed by atoms with van der Waals surface area (Å²) in [7, 11) is 0. The van der Waals surface area contributed by atoms with Gasteiger partial charge in [0.1, 0.15) is 5.60 Å². The van der Waals surface area contributed by atoms with E-state index in [0.717, 1.165) is 13.0 Å². The van der Waals surface area contributed by atoms with Crippen molar-refractivity contribution in [1.82, 2.24) is 4.90 Å². The van der Waals surface area contributed by atoms with E-state index in [1.54, 1.807) is 0 Å². The molecule has 3 fully saturated rings.